The molecule has 0 unspecified atom stereocenters. The summed E-state index contributed by atoms with van der Waals surface area (Å²) in [4.78, 5) is 4.39. The molecule has 4 nitrogen and oxygen atoms in total. The van der Waals surface area contributed by atoms with Gasteiger partial charge in [0, 0.05) is 18.3 Å². The Hall–Kier alpha value is -1.13. The summed E-state index contributed by atoms with van der Waals surface area (Å²) < 4.78 is 10.9. The third-order valence-corrected chi connectivity index (χ3v) is 2.32. The highest BCUT2D eigenvalue weighted by molar-refractivity contribution is 5.24. The number of hydrogen-bond donors (Lipinski definition) is 1. The summed E-state index contributed by atoms with van der Waals surface area (Å²) in [6.45, 7) is 7.97. The lowest BCUT2D eigenvalue weighted by Gasteiger charge is -2.10. The number of hydrogen-bond acceptors (Lipinski definition) is 4. The van der Waals surface area contributed by atoms with Crippen molar-refractivity contribution in [3.8, 4) is 5.88 Å². The molecule has 0 amide bonds. The highest BCUT2D eigenvalue weighted by Crippen LogP contribution is 2.12. The summed E-state index contributed by atoms with van der Waals surface area (Å²) in [5.41, 5.74) is 2.19. The van der Waals surface area contributed by atoms with Gasteiger partial charge in [0.05, 0.1) is 12.7 Å². The van der Waals surface area contributed by atoms with Crippen molar-refractivity contribution in [2.24, 2.45) is 0 Å². The van der Waals surface area contributed by atoms with Crippen LogP contribution in [0.25, 0.3) is 0 Å². The van der Waals surface area contributed by atoms with Crippen molar-refractivity contribution < 1.29 is 9.47 Å². The van der Waals surface area contributed by atoms with Crippen molar-refractivity contribution in [1.82, 2.24) is 10.3 Å². The lowest BCUT2D eigenvalue weighted by molar-refractivity contribution is 0.0542. The van der Waals surface area contributed by atoms with Gasteiger partial charge in [-0.05, 0) is 33.4 Å². The Kier molecular flexibility index (Phi) is 5.94. The normalized spacial score (nSPS) is 10.9. The van der Waals surface area contributed by atoms with Gasteiger partial charge >= 0.3 is 0 Å². The van der Waals surface area contributed by atoms with Gasteiger partial charge in [-0.2, -0.15) is 0 Å². The second-order valence-electron chi connectivity index (χ2n) is 4.19. The van der Waals surface area contributed by atoms with Gasteiger partial charge in [-0.1, -0.05) is 6.07 Å². The maximum atomic E-state index is 5.51. The zero-order valence-corrected chi connectivity index (χ0v) is 11.1. The van der Waals surface area contributed by atoms with Crippen molar-refractivity contribution in [3.05, 3.63) is 23.4 Å². The minimum Gasteiger partial charge on any atom is -0.475 e. The van der Waals surface area contributed by atoms with Crippen molar-refractivity contribution in [3.63, 3.8) is 0 Å². The Morgan fingerprint density at radius 2 is 2.06 bits per heavy atom. The molecule has 1 aromatic rings. The standard InChI is InChI=1S/C13H22N2O2/c1-10(2)16-7-8-17-13-6-5-12(9-14-4)11(3)15-13/h5-6,10,14H,7-9H2,1-4H3. The van der Waals surface area contributed by atoms with Crippen LogP contribution >= 0.6 is 0 Å². The van der Waals surface area contributed by atoms with Crippen LogP contribution in [-0.4, -0.2) is 31.3 Å². The van der Waals surface area contributed by atoms with Crippen LogP contribution < -0.4 is 10.1 Å². The third kappa shape index (κ3) is 5.15. The third-order valence-electron chi connectivity index (χ3n) is 2.32. The molecular formula is C13H22N2O2. The van der Waals surface area contributed by atoms with Gasteiger partial charge in [0.15, 0.2) is 0 Å². The van der Waals surface area contributed by atoms with Gasteiger partial charge in [-0.3, -0.25) is 0 Å². The molecule has 0 saturated heterocycles. The van der Waals surface area contributed by atoms with Gasteiger partial charge in [0.25, 0.3) is 0 Å². The van der Waals surface area contributed by atoms with E-state index in [2.05, 4.69) is 10.3 Å². The number of ether oxygens (including phenoxy) is 2. The second kappa shape index (κ2) is 7.25. The minimum absolute atomic E-state index is 0.242. The Balaban J connectivity index is 2.41. The van der Waals surface area contributed by atoms with E-state index >= 15 is 0 Å². The first-order valence-corrected chi connectivity index (χ1v) is 5.99. The van der Waals surface area contributed by atoms with E-state index in [1.54, 1.807) is 0 Å². The average molecular weight is 238 g/mol. The van der Waals surface area contributed by atoms with Crippen molar-refractivity contribution in [2.45, 2.75) is 33.4 Å². The fourth-order valence-electron chi connectivity index (χ4n) is 1.45. The average Bonchev–Trinajstić information content (AvgIpc) is 2.28. The minimum atomic E-state index is 0.242. The van der Waals surface area contributed by atoms with Crippen molar-refractivity contribution in [2.75, 3.05) is 20.3 Å². The predicted molar refractivity (Wildman–Crippen MR) is 68.3 cm³/mol. The van der Waals surface area contributed by atoms with Gasteiger partial charge < -0.3 is 14.8 Å². The molecule has 0 bridgehead atoms. The first kappa shape index (κ1) is 13.9. The first-order chi connectivity index (χ1) is 8.13. The van der Waals surface area contributed by atoms with E-state index in [4.69, 9.17) is 9.47 Å². The lowest BCUT2D eigenvalue weighted by Crippen LogP contribution is -2.12. The van der Waals surface area contributed by atoms with E-state index in [9.17, 15) is 0 Å². The highest BCUT2D eigenvalue weighted by Gasteiger charge is 2.02. The molecule has 0 aliphatic carbocycles. The van der Waals surface area contributed by atoms with Gasteiger partial charge in [0.2, 0.25) is 5.88 Å². The SMILES string of the molecule is CNCc1ccc(OCCOC(C)C)nc1C. The summed E-state index contributed by atoms with van der Waals surface area (Å²) in [6.07, 6.45) is 0.242. The Bertz CT molecular complexity index is 340. The molecule has 1 rings (SSSR count). The molecule has 0 saturated carbocycles. The summed E-state index contributed by atoms with van der Waals surface area (Å²) in [5.74, 6) is 0.662. The molecule has 0 aromatic carbocycles. The number of nitrogens with one attached hydrogen (secondary N) is 1. The fraction of sp³-hybridized carbons (Fsp3) is 0.615. The molecule has 0 fully saturated rings. The van der Waals surface area contributed by atoms with Crippen LogP contribution in [0.3, 0.4) is 0 Å². The summed E-state index contributed by atoms with van der Waals surface area (Å²) >= 11 is 0. The second-order valence-corrected chi connectivity index (χ2v) is 4.19. The molecule has 1 N–H and O–H groups in total. The van der Waals surface area contributed by atoms with E-state index in [1.165, 1.54) is 5.56 Å². The molecule has 0 aliphatic heterocycles. The summed E-state index contributed by atoms with van der Waals surface area (Å²) in [6, 6.07) is 3.94. The van der Waals surface area contributed by atoms with Gasteiger partial charge in [-0.25, -0.2) is 4.98 Å². The van der Waals surface area contributed by atoms with Crippen LogP contribution in [0.4, 0.5) is 0 Å². The van der Waals surface area contributed by atoms with Crippen LogP contribution in [0.2, 0.25) is 0 Å². The highest BCUT2D eigenvalue weighted by atomic mass is 16.5. The number of nitrogens with zero attached hydrogens (tertiary/aromatic N) is 1. The number of aryl methyl sites for hydroxylation is 1. The molecule has 0 aliphatic rings. The topological polar surface area (TPSA) is 43.4 Å². The first-order valence-electron chi connectivity index (χ1n) is 5.99. The van der Waals surface area contributed by atoms with Crippen LogP contribution in [0.15, 0.2) is 12.1 Å². The van der Waals surface area contributed by atoms with Crippen LogP contribution in [0.1, 0.15) is 25.1 Å². The number of pyridine rings is 1. The van der Waals surface area contributed by atoms with E-state index in [0.717, 1.165) is 12.2 Å². The summed E-state index contributed by atoms with van der Waals surface area (Å²) in [5, 5.41) is 3.11. The predicted octanol–water partition coefficient (Wildman–Crippen LogP) is 1.91. The molecule has 0 radical (unpaired) electrons. The molecule has 0 atom stereocenters. The molecule has 4 heteroatoms. The molecule has 1 heterocycles. The summed E-state index contributed by atoms with van der Waals surface area (Å²) in [7, 11) is 1.92. The van der Waals surface area contributed by atoms with E-state index < -0.39 is 0 Å². The van der Waals surface area contributed by atoms with Gasteiger partial charge in [-0.15, -0.1) is 0 Å². The van der Waals surface area contributed by atoms with Crippen molar-refractivity contribution in [1.29, 1.82) is 0 Å². The number of aromatic nitrogens is 1. The molecular weight excluding hydrogens is 216 g/mol. The van der Waals surface area contributed by atoms with Crippen LogP contribution in [0, 0.1) is 6.92 Å². The van der Waals surface area contributed by atoms with E-state index in [-0.39, 0.29) is 6.10 Å². The smallest absolute Gasteiger partial charge is 0.213 e. The molecule has 96 valence electrons. The largest absolute Gasteiger partial charge is 0.475 e. The number of rotatable bonds is 7. The maximum absolute atomic E-state index is 5.51. The molecule has 0 spiro atoms. The Morgan fingerprint density at radius 3 is 2.65 bits per heavy atom. The lowest BCUT2D eigenvalue weighted by atomic mass is 10.2. The monoisotopic (exact) mass is 238 g/mol. The Labute approximate surface area is 103 Å². The van der Waals surface area contributed by atoms with E-state index in [1.807, 2.05) is 40.0 Å². The Morgan fingerprint density at radius 1 is 1.29 bits per heavy atom. The van der Waals surface area contributed by atoms with Crippen LogP contribution in [0.5, 0.6) is 5.88 Å². The van der Waals surface area contributed by atoms with Gasteiger partial charge in [0.1, 0.15) is 6.61 Å². The van der Waals surface area contributed by atoms with Crippen LogP contribution in [-0.2, 0) is 11.3 Å². The van der Waals surface area contributed by atoms with Crippen molar-refractivity contribution >= 4 is 0 Å². The fourth-order valence-corrected chi connectivity index (χ4v) is 1.45. The molecule has 1 aromatic heterocycles. The van der Waals surface area contributed by atoms with E-state index in [0.29, 0.717) is 19.1 Å². The molecule has 17 heavy (non-hydrogen) atoms. The quantitative estimate of drug-likeness (QED) is 0.737. The zero-order chi connectivity index (χ0) is 12.7. The zero-order valence-electron chi connectivity index (χ0n) is 11.1. The maximum Gasteiger partial charge on any atom is 0.213 e.